The average Bonchev–Trinajstić information content (AvgIpc) is 2.71. The Kier molecular flexibility index (Phi) is 3.14. The lowest BCUT2D eigenvalue weighted by atomic mass is 10.4. The molecule has 2 nitrogen and oxygen atoms in total. The van der Waals surface area contributed by atoms with E-state index in [1.54, 1.807) is 36.4 Å². The quantitative estimate of drug-likeness (QED) is 0.791. The van der Waals surface area contributed by atoms with Gasteiger partial charge in [0.1, 0.15) is 0 Å². The number of rotatable bonds is 3. The van der Waals surface area contributed by atoms with Gasteiger partial charge in [-0.1, -0.05) is 24.3 Å². The zero-order valence-corrected chi connectivity index (χ0v) is 10.1. The maximum atomic E-state index is 11.9. The molecule has 78 valence electrons. The second-order valence-corrected chi connectivity index (χ2v) is 7.79. The van der Waals surface area contributed by atoms with Crippen molar-refractivity contribution in [1.82, 2.24) is 0 Å². The minimum atomic E-state index is -3.26. The molecular weight excluding hydrogens is 248 g/mol. The summed E-state index contributed by atoms with van der Waals surface area (Å²) in [4.78, 5) is 0.350. The fourth-order valence-corrected chi connectivity index (χ4v) is 5.36. The first kappa shape index (κ1) is 10.7. The van der Waals surface area contributed by atoms with Crippen molar-refractivity contribution in [2.24, 2.45) is 0 Å². The smallest absolute Gasteiger partial charge is 0.212 e. The summed E-state index contributed by atoms with van der Waals surface area (Å²) < 4.78 is 24.5. The largest absolute Gasteiger partial charge is 0.235 e. The Morgan fingerprint density at radius 2 is 1.73 bits per heavy atom. The lowest BCUT2D eigenvalue weighted by Crippen LogP contribution is -1.93. The van der Waals surface area contributed by atoms with Gasteiger partial charge in [-0.3, -0.25) is 0 Å². The van der Waals surface area contributed by atoms with E-state index in [1.807, 2.05) is 11.4 Å². The molecule has 0 unspecified atom stereocenters. The van der Waals surface area contributed by atoms with E-state index in [-0.39, 0.29) is 0 Å². The van der Waals surface area contributed by atoms with Crippen molar-refractivity contribution in [3.05, 3.63) is 47.8 Å². The van der Waals surface area contributed by atoms with E-state index in [0.717, 1.165) is 15.0 Å². The van der Waals surface area contributed by atoms with Crippen LogP contribution in [0.1, 0.15) is 0 Å². The number of benzene rings is 1. The normalized spacial score (nSPS) is 11.5. The fraction of sp³-hybridized carbons (Fsp3) is 0. The van der Waals surface area contributed by atoms with Crippen LogP contribution in [0.15, 0.2) is 56.9 Å². The molecule has 0 amide bonds. The van der Waals surface area contributed by atoms with Gasteiger partial charge in [0.2, 0.25) is 8.87 Å². The highest BCUT2D eigenvalue weighted by atomic mass is 33.1. The summed E-state index contributed by atoms with van der Waals surface area (Å²) in [5.41, 5.74) is 0. The van der Waals surface area contributed by atoms with Gasteiger partial charge in [0.25, 0.3) is 0 Å². The Morgan fingerprint density at radius 1 is 1.00 bits per heavy atom. The van der Waals surface area contributed by atoms with Crippen LogP contribution < -0.4 is 0 Å². The lowest BCUT2D eigenvalue weighted by molar-refractivity contribution is 0.610. The first-order valence-electron chi connectivity index (χ1n) is 4.21. The SMILES string of the molecule is O=S(=O)(Sc1cccs1)c1ccccc1. The monoisotopic (exact) mass is 256 g/mol. The molecule has 1 heterocycles. The Balaban J connectivity index is 2.29. The molecule has 0 radical (unpaired) electrons. The zero-order valence-electron chi connectivity index (χ0n) is 7.66. The zero-order chi connectivity index (χ0) is 10.7. The lowest BCUT2D eigenvalue weighted by Gasteiger charge is -2.00. The summed E-state index contributed by atoms with van der Waals surface area (Å²) in [6, 6.07) is 12.1. The van der Waals surface area contributed by atoms with Crippen LogP contribution in [-0.2, 0) is 8.87 Å². The van der Waals surface area contributed by atoms with E-state index in [1.165, 1.54) is 11.3 Å². The van der Waals surface area contributed by atoms with Crippen LogP contribution >= 0.6 is 22.1 Å². The van der Waals surface area contributed by atoms with Crippen molar-refractivity contribution in [1.29, 1.82) is 0 Å². The number of hydrogen-bond donors (Lipinski definition) is 0. The van der Waals surface area contributed by atoms with Crippen LogP contribution in [0.5, 0.6) is 0 Å². The van der Waals surface area contributed by atoms with Gasteiger partial charge < -0.3 is 0 Å². The average molecular weight is 256 g/mol. The maximum Gasteiger partial charge on any atom is 0.235 e. The molecule has 0 aliphatic carbocycles. The van der Waals surface area contributed by atoms with Crippen LogP contribution in [0.25, 0.3) is 0 Å². The maximum absolute atomic E-state index is 11.9. The summed E-state index contributed by atoms with van der Waals surface area (Å²) >= 11 is 1.43. The molecule has 0 spiro atoms. The highest BCUT2D eigenvalue weighted by Gasteiger charge is 2.16. The van der Waals surface area contributed by atoms with Gasteiger partial charge in [0.05, 0.1) is 9.10 Å². The van der Waals surface area contributed by atoms with Crippen LogP contribution in [0.3, 0.4) is 0 Å². The Bertz CT molecular complexity index is 515. The third kappa shape index (κ3) is 2.62. The first-order valence-corrected chi connectivity index (χ1v) is 7.91. The van der Waals surface area contributed by atoms with E-state index in [2.05, 4.69) is 0 Å². The van der Waals surface area contributed by atoms with Crippen LogP contribution in [0.2, 0.25) is 0 Å². The molecule has 0 saturated heterocycles. The summed E-state index contributed by atoms with van der Waals surface area (Å²) in [5.74, 6) is 0. The molecule has 15 heavy (non-hydrogen) atoms. The van der Waals surface area contributed by atoms with Crippen molar-refractivity contribution in [3.63, 3.8) is 0 Å². The summed E-state index contributed by atoms with van der Waals surface area (Å²) in [5, 5.41) is 1.86. The topological polar surface area (TPSA) is 34.1 Å². The third-order valence-corrected chi connectivity index (χ3v) is 6.38. The highest BCUT2D eigenvalue weighted by Crippen LogP contribution is 2.33. The van der Waals surface area contributed by atoms with Gasteiger partial charge in [-0.15, -0.1) is 11.3 Å². The number of thiophene rings is 1. The molecule has 0 bridgehead atoms. The second kappa shape index (κ2) is 4.38. The van der Waals surface area contributed by atoms with Crippen LogP contribution in [0.4, 0.5) is 0 Å². The van der Waals surface area contributed by atoms with Gasteiger partial charge in [-0.2, -0.15) is 0 Å². The van der Waals surface area contributed by atoms with Crippen molar-refractivity contribution in [2.45, 2.75) is 9.10 Å². The Morgan fingerprint density at radius 3 is 2.33 bits per heavy atom. The van der Waals surface area contributed by atoms with E-state index < -0.39 is 8.87 Å². The predicted molar refractivity (Wildman–Crippen MR) is 63.8 cm³/mol. The van der Waals surface area contributed by atoms with Gasteiger partial charge in [-0.25, -0.2) is 8.42 Å². The fourth-order valence-electron chi connectivity index (χ4n) is 1.05. The summed E-state index contributed by atoms with van der Waals surface area (Å²) in [6.45, 7) is 0. The molecule has 0 saturated carbocycles. The predicted octanol–water partition coefficient (Wildman–Crippen LogP) is 3.23. The van der Waals surface area contributed by atoms with E-state index >= 15 is 0 Å². The van der Waals surface area contributed by atoms with Gasteiger partial charge in [0, 0.05) is 10.8 Å². The van der Waals surface area contributed by atoms with Crippen molar-refractivity contribution in [2.75, 3.05) is 0 Å². The molecule has 0 aliphatic rings. The van der Waals surface area contributed by atoms with E-state index in [0.29, 0.717) is 4.90 Å². The van der Waals surface area contributed by atoms with Gasteiger partial charge in [0.15, 0.2) is 0 Å². The Labute approximate surface area is 96.3 Å². The molecule has 1 aromatic carbocycles. The Hall–Kier alpha value is -0.780. The molecule has 5 heteroatoms. The van der Waals surface area contributed by atoms with E-state index in [4.69, 9.17) is 0 Å². The molecular formula is C10H8O2S3. The number of hydrogen-bond acceptors (Lipinski definition) is 4. The molecule has 2 rings (SSSR count). The standard InChI is InChI=1S/C10H8O2S3/c11-15(12,9-5-2-1-3-6-9)14-10-7-4-8-13-10/h1-8H. The second-order valence-electron chi connectivity index (χ2n) is 2.78. The van der Waals surface area contributed by atoms with Gasteiger partial charge >= 0.3 is 0 Å². The summed E-state index contributed by atoms with van der Waals surface area (Å²) in [6.07, 6.45) is 0. The van der Waals surface area contributed by atoms with Crippen molar-refractivity contribution < 1.29 is 8.42 Å². The first-order chi connectivity index (χ1) is 7.18. The molecule has 2 aromatic rings. The van der Waals surface area contributed by atoms with Gasteiger partial charge in [-0.05, 0) is 23.6 Å². The van der Waals surface area contributed by atoms with Crippen LogP contribution in [-0.4, -0.2) is 8.42 Å². The molecule has 0 fully saturated rings. The van der Waals surface area contributed by atoms with E-state index in [9.17, 15) is 8.42 Å². The van der Waals surface area contributed by atoms with Crippen molar-refractivity contribution in [3.8, 4) is 0 Å². The summed E-state index contributed by atoms with van der Waals surface area (Å²) in [7, 11) is -2.36. The van der Waals surface area contributed by atoms with Crippen LogP contribution in [0, 0.1) is 0 Å². The minimum Gasteiger partial charge on any atom is -0.212 e. The highest BCUT2D eigenvalue weighted by molar-refractivity contribution is 8.72. The molecule has 0 atom stereocenters. The molecule has 1 aromatic heterocycles. The third-order valence-electron chi connectivity index (χ3n) is 1.72. The van der Waals surface area contributed by atoms with Crippen molar-refractivity contribution >= 4 is 31.0 Å². The minimum absolute atomic E-state index is 0.350. The molecule has 0 aliphatic heterocycles. The molecule has 0 N–H and O–H groups in total.